The minimum Gasteiger partial charge on any atom is -0.508 e. The van der Waals surface area contributed by atoms with Crippen LogP contribution in [0.1, 0.15) is 36.1 Å². The van der Waals surface area contributed by atoms with Gasteiger partial charge < -0.3 is 29.4 Å². The topological polar surface area (TPSA) is 109 Å². The summed E-state index contributed by atoms with van der Waals surface area (Å²) in [5.74, 6) is 1.01. The van der Waals surface area contributed by atoms with Crippen molar-refractivity contribution >= 4 is 17.4 Å². The number of fused-ring (bicyclic) bond motifs is 2. The Balaban J connectivity index is 1.45. The monoisotopic (exact) mass is 545 g/mol. The molecule has 0 radical (unpaired) electrons. The molecule has 0 saturated carbocycles. The minimum absolute atomic E-state index is 0.145. The second kappa shape index (κ2) is 12.1. The van der Waals surface area contributed by atoms with E-state index in [4.69, 9.17) is 14.7 Å². The number of carbonyl (C=O) groups is 1. The number of piperazine rings is 1. The van der Waals surface area contributed by atoms with Crippen molar-refractivity contribution in [1.29, 1.82) is 5.26 Å². The first-order valence-electron chi connectivity index (χ1n) is 14.2. The first-order chi connectivity index (χ1) is 19.4. The number of nitrogens with zero attached hydrogens (tertiary/aromatic N) is 7. The number of aromatic hydroxyl groups is 1. The molecule has 5 rings (SSSR count). The van der Waals surface area contributed by atoms with Crippen LogP contribution >= 0.6 is 0 Å². The summed E-state index contributed by atoms with van der Waals surface area (Å²) >= 11 is 0. The second-order valence-electron chi connectivity index (χ2n) is 11.1. The minimum atomic E-state index is -0.234. The summed E-state index contributed by atoms with van der Waals surface area (Å²) in [5, 5.41) is 19.7. The molecule has 0 spiro atoms. The van der Waals surface area contributed by atoms with Crippen molar-refractivity contribution in [3.63, 3.8) is 0 Å². The van der Waals surface area contributed by atoms with E-state index < -0.39 is 0 Å². The Morgan fingerprint density at radius 2 is 2.12 bits per heavy atom. The van der Waals surface area contributed by atoms with Gasteiger partial charge in [-0.3, -0.25) is 4.79 Å². The van der Waals surface area contributed by atoms with E-state index in [1.807, 2.05) is 26.2 Å². The molecule has 3 heterocycles. The quantitative estimate of drug-likeness (QED) is 0.501. The van der Waals surface area contributed by atoms with Crippen molar-refractivity contribution in [2.45, 2.75) is 50.6 Å². The predicted molar refractivity (Wildman–Crippen MR) is 154 cm³/mol. The number of nitriles is 1. The molecule has 3 aliphatic rings. The summed E-state index contributed by atoms with van der Waals surface area (Å²) in [7, 11) is 4.00. The Morgan fingerprint density at radius 3 is 2.90 bits per heavy atom. The molecular weight excluding hydrogens is 506 g/mol. The molecule has 2 atom stereocenters. The SMILES string of the molecule is C=CC(=O)N1CCN(c2nc(OCCN(C)C)nc3c2CCC(N2CCCc4ccc(O)cc42)C3)C[C@@H]1CC#N. The number of anilines is 2. The average molecular weight is 546 g/mol. The number of phenolic OH excluding ortho intramolecular Hbond substituents is 1. The number of hydrogen-bond donors (Lipinski definition) is 1. The maximum atomic E-state index is 12.5. The van der Waals surface area contributed by atoms with E-state index in [0.717, 1.165) is 68.0 Å². The lowest BCUT2D eigenvalue weighted by atomic mass is 9.88. The highest BCUT2D eigenvalue weighted by Gasteiger charge is 2.35. The smallest absolute Gasteiger partial charge is 0.318 e. The first-order valence-corrected chi connectivity index (χ1v) is 14.2. The molecule has 1 unspecified atom stereocenters. The van der Waals surface area contributed by atoms with E-state index >= 15 is 0 Å². The molecule has 1 saturated heterocycles. The van der Waals surface area contributed by atoms with E-state index in [1.165, 1.54) is 11.6 Å². The van der Waals surface area contributed by atoms with Gasteiger partial charge >= 0.3 is 6.01 Å². The molecule has 0 bridgehead atoms. The van der Waals surface area contributed by atoms with Gasteiger partial charge in [-0.1, -0.05) is 12.6 Å². The normalized spacial score (nSPS) is 20.5. The number of rotatable bonds is 8. The molecule has 40 heavy (non-hydrogen) atoms. The lowest BCUT2D eigenvalue weighted by molar-refractivity contribution is -0.128. The van der Waals surface area contributed by atoms with Crippen LogP contribution in [0.3, 0.4) is 0 Å². The van der Waals surface area contributed by atoms with Crippen LogP contribution in [-0.4, -0.2) is 96.3 Å². The molecule has 10 nitrogen and oxygen atoms in total. The molecule has 1 aromatic heterocycles. The standard InChI is InChI=1S/C30H39N7O3/c1-4-28(39)37-15-14-35(20-23(37)11-12-31)29-25-10-8-22(18-26(25)32-30(33-29)40-17-16-34(2)3)36-13-5-6-21-7-9-24(38)19-27(21)36/h4,7,9,19,22-23,38H,1,5-6,8,10-11,13-18,20H2,2-3H3/t22?,23-/m0/s1. The summed E-state index contributed by atoms with van der Waals surface area (Å²) in [6, 6.07) is 8.35. The number of aromatic nitrogens is 2. The molecule has 2 aromatic rings. The van der Waals surface area contributed by atoms with Crippen LogP contribution in [-0.2, 0) is 24.1 Å². The first kappa shape index (κ1) is 27.7. The van der Waals surface area contributed by atoms with Crippen LogP contribution in [0.2, 0.25) is 0 Å². The molecule has 1 amide bonds. The summed E-state index contributed by atoms with van der Waals surface area (Å²) in [6.45, 7) is 7.46. The molecule has 1 N–H and O–H groups in total. The molecule has 212 valence electrons. The number of phenols is 1. The zero-order valence-corrected chi connectivity index (χ0v) is 23.6. The maximum Gasteiger partial charge on any atom is 0.318 e. The Bertz CT molecular complexity index is 1290. The van der Waals surface area contributed by atoms with Crippen LogP contribution < -0.4 is 14.5 Å². The molecule has 1 aliphatic carbocycles. The van der Waals surface area contributed by atoms with Crippen LogP contribution in [0, 0.1) is 11.3 Å². The fourth-order valence-electron chi connectivity index (χ4n) is 6.17. The summed E-state index contributed by atoms with van der Waals surface area (Å²) in [6.07, 6.45) is 6.22. The largest absolute Gasteiger partial charge is 0.508 e. The van der Waals surface area contributed by atoms with Crippen LogP contribution in [0.25, 0.3) is 0 Å². The van der Waals surface area contributed by atoms with E-state index in [0.29, 0.717) is 38.0 Å². The van der Waals surface area contributed by atoms with Crippen molar-refractivity contribution in [2.75, 3.05) is 63.2 Å². The van der Waals surface area contributed by atoms with Crippen molar-refractivity contribution in [1.82, 2.24) is 19.8 Å². The number of amides is 1. The van der Waals surface area contributed by atoms with Gasteiger partial charge in [0.2, 0.25) is 5.91 Å². The van der Waals surface area contributed by atoms with E-state index in [-0.39, 0.29) is 24.4 Å². The highest BCUT2D eigenvalue weighted by molar-refractivity contribution is 5.87. The molecule has 1 fully saturated rings. The Kier molecular flexibility index (Phi) is 8.40. The third kappa shape index (κ3) is 5.85. The lowest BCUT2D eigenvalue weighted by Gasteiger charge is -2.43. The second-order valence-corrected chi connectivity index (χ2v) is 11.1. The number of hydrogen-bond acceptors (Lipinski definition) is 9. The average Bonchev–Trinajstić information content (AvgIpc) is 2.95. The van der Waals surface area contributed by atoms with E-state index in [2.05, 4.69) is 27.3 Å². The van der Waals surface area contributed by atoms with Crippen molar-refractivity contribution in [2.24, 2.45) is 0 Å². The fourth-order valence-corrected chi connectivity index (χ4v) is 6.17. The van der Waals surface area contributed by atoms with Crippen molar-refractivity contribution < 1.29 is 14.6 Å². The Labute approximate surface area is 236 Å². The van der Waals surface area contributed by atoms with Crippen LogP contribution in [0.4, 0.5) is 11.5 Å². The number of ether oxygens (including phenoxy) is 1. The lowest BCUT2D eigenvalue weighted by Crippen LogP contribution is -2.55. The number of likely N-dealkylation sites (N-methyl/N-ethyl adjacent to an activating group) is 1. The molecule has 2 aliphatic heterocycles. The summed E-state index contributed by atoms with van der Waals surface area (Å²) < 4.78 is 6.05. The highest BCUT2D eigenvalue weighted by atomic mass is 16.5. The fraction of sp³-hybridized carbons (Fsp3) is 0.533. The van der Waals surface area contributed by atoms with E-state index in [1.54, 1.807) is 11.0 Å². The van der Waals surface area contributed by atoms with Gasteiger partial charge in [-0.2, -0.15) is 15.2 Å². The van der Waals surface area contributed by atoms with Gasteiger partial charge in [-0.25, -0.2) is 0 Å². The van der Waals surface area contributed by atoms with Crippen molar-refractivity contribution in [3.05, 3.63) is 47.7 Å². The molecule has 1 aromatic carbocycles. The number of carbonyl (C=O) groups excluding carboxylic acids is 1. The van der Waals surface area contributed by atoms with Gasteiger partial charge in [-0.15, -0.1) is 0 Å². The van der Waals surface area contributed by atoms with Gasteiger partial charge in [0, 0.05) is 62.5 Å². The van der Waals surface area contributed by atoms with E-state index in [9.17, 15) is 15.2 Å². The highest BCUT2D eigenvalue weighted by Crippen LogP contribution is 2.38. The van der Waals surface area contributed by atoms with Crippen LogP contribution in [0.15, 0.2) is 30.9 Å². The van der Waals surface area contributed by atoms with Crippen LogP contribution in [0.5, 0.6) is 11.8 Å². The zero-order chi connectivity index (χ0) is 28.2. The van der Waals surface area contributed by atoms with Gasteiger partial charge in [0.1, 0.15) is 18.2 Å². The van der Waals surface area contributed by atoms with Gasteiger partial charge in [-0.05, 0) is 57.5 Å². The number of benzene rings is 1. The van der Waals surface area contributed by atoms with Gasteiger partial charge in [0.15, 0.2) is 0 Å². The third-order valence-corrected chi connectivity index (χ3v) is 8.21. The predicted octanol–water partition coefficient (Wildman–Crippen LogP) is 2.55. The number of aryl methyl sites for hydroxylation is 1. The Morgan fingerprint density at radius 1 is 1.27 bits per heavy atom. The molecule has 10 heteroatoms. The summed E-state index contributed by atoms with van der Waals surface area (Å²) in [4.78, 5) is 30.7. The van der Waals surface area contributed by atoms with Gasteiger partial charge in [0.05, 0.1) is 24.2 Å². The molecular formula is C30H39N7O3. The zero-order valence-electron chi connectivity index (χ0n) is 23.6. The third-order valence-electron chi connectivity index (χ3n) is 8.21. The Hall–Kier alpha value is -3.84. The maximum absolute atomic E-state index is 12.5. The van der Waals surface area contributed by atoms with Gasteiger partial charge in [0.25, 0.3) is 0 Å². The van der Waals surface area contributed by atoms with Crippen molar-refractivity contribution in [3.8, 4) is 17.8 Å². The summed E-state index contributed by atoms with van der Waals surface area (Å²) in [5.41, 5.74) is 4.53.